The van der Waals surface area contributed by atoms with Gasteiger partial charge >= 0.3 is 0 Å². The SMILES string of the molecule is CCC1C(C)C1C1(C)C(C)C2C(C)C21. The highest BCUT2D eigenvalue weighted by Gasteiger charge is 2.77. The van der Waals surface area contributed by atoms with E-state index in [9.17, 15) is 0 Å². The van der Waals surface area contributed by atoms with Crippen molar-refractivity contribution in [2.45, 2.75) is 41.0 Å². The van der Waals surface area contributed by atoms with Gasteiger partial charge in [-0.25, -0.2) is 0 Å². The van der Waals surface area contributed by atoms with Crippen molar-refractivity contribution < 1.29 is 0 Å². The van der Waals surface area contributed by atoms with Gasteiger partial charge in [-0.1, -0.05) is 41.0 Å². The molecular weight excluding hydrogens is 168 g/mol. The van der Waals surface area contributed by atoms with Gasteiger partial charge in [0.25, 0.3) is 0 Å². The third-order valence-corrected chi connectivity index (χ3v) is 6.48. The lowest BCUT2D eigenvalue weighted by Crippen LogP contribution is -2.42. The Labute approximate surface area is 88.5 Å². The van der Waals surface area contributed by atoms with Crippen LogP contribution in [0.5, 0.6) is 0 Å². The Morgan fingerprint density at radius 1 is 1.00 bits per heavy atom. The number of rotatable bonds is 2. The fraction of sp³-hybridized carbons (Fsp3) is 1.00. The van der Waals surface area contributed by atoms with Crippen LogP contribution in [0.1, 0.15) is 41.0 Å². The third kappa shape index (κ3) is 0.750. The van der Waals surface area contributed by atoms with E-state index in [4.69, 9.17) is 0 Å². The zero-order valence-corrected chi connectivity index (χ0v) is 10.2. The molecule has 3 rings (SSSR count). The largest absolute Gasteiger partial charge is 0.0651 e. The molecule has 3 fully saturated rings. The standard InChI is InChI=1S/C14H24/c1-6-10-7(2)12(10)14(5)9(4)11-8(3)13(11)14/h7-13H,6H2,1-5H3. The lowest BCUT2D eigenvalue weighted by molar-refractivity contribution is 0.0108. The maximum atomic E-state index is 2.60. The first-order valence-electron chi connectivity index (χ1n) is 6.55. The zero-order valence-electron chi connectivity index (χ0n) is 10.2. The molecular formula is C14H24. The van der Waals surface area contributed by atoms with Crippen LogP contribution in [0.15, 0.2) is 0 Å². The predicted octanol–water partition coefficient (Wildman–Crippen LogP) is 3.82. The third-order valence-electron chi connectivity index (χ3n) is 6.48. The first-order valence-corrected chi connectivity index (χ1v) is 6.55. The lowest BCUT2D eigenvalue weighted by Gasteiger charge is -2.46. The molecule has 0 heterocycles. The van der Waals surface area contributed by atoms with Crippen molar-refractivity contribution >= 4 is 0 Å². The summed E-state index contributed by atoms with van der Waals surface area (Å²) in [5, 5.41) is 0. The van der Waals surface area contributed by atoms with Crippen molar-refractivity contribution in [2.75, 3.05) is 0 Å². The Kier molecular flexibility index (Phi) is 1.58. The summed E-state index contributed by atoms with van der Waals surface area (Å²) in [5.41, 5.74) is 0.740. The van der Waals surface area contributed by atoms with Gasteiger partial charge in [-0.3, -0.25) is 0 Å². The lowest BCUT2D eigenvalue weighted by atomic mass is 9.58. The Balaban J connectivity index is 1.80. The molecule has 3 aliphatic carbocycles. The zero-order chi connectivity index (χ0) is 10.2. The van der Waals surface area contributed by atoms with Gasteiger partial charge in [-0.15, -0.1) is 0 Å². The summed E-state index contributed by atoms with van der Waals surface area (Å²) in [4.78, 5) is 0. The Hall–Kier alpha value is 0. The molecule has 0 nitrogen and oxygen atoms in total. The van der Waals surface area contributed by atoms with Crippen molar-refractivity contribution in [3.05, 3.63) is 0 Å². The second-order valence-corrected chi connectivity index (χ2v) is 6.57. The average molecular weight is 192 g/mol. The number of hydrogen-bond acceptors (Lipinski definition) is 0. The minimum atomic E-state index is 0.740. The van der Waals surface area contributed by atoms with Crippen molar-refractivity contribution in [3.63, 3.8) is 0 Å². The summed E-state index contributed by atoms with van der Waals surface area (Å²) >= 11 is 0. The van der Waals surface area contributed by atoms with Crippen LogP contribution in [0, 0.1) is 46.8 Å². The van der Waals surface area contributed by atoms with Gasteiger partial charge in [0.1, 0.15) is 0 Å². The van der Waals surface area contributed by atoms with E-state index in [1.54, 1.807) is 0 Å². The predicted molar refractivity (Wildman–Crippen MR) is 59.9 cm³/mol. The van der Waals surface area contributed by atoms with Gasteiger partial charge in [0.15, 0.2) is 0 Å². The molecule has 0 amide bonds. The highest BCUT2D eigenvalue weighted by Crippen LogP contribution is 2.81. The normalized spacial score (nSPS) is 69.6. The Bertz CT molecular complexity index is 261. The summed E-state index contributed by atoms with van der Waals surface area (Å²) in [6, 6.07) is 0. The summed E-state index contributed by atoms with van der Waals surface area (Å²) in [5.74, 6) is 7.48. The molecule has 8 atom stereocenters. The summed E-state index contributed by atoms with van der Waals surface area (Å²) < 4.78 is 0. The van der Waals surface area contributed by atoms with E-state index >= 15 is 0 Å². The van der Waals surface area contributed by atoms with Gasteiger partial charge in [0.2, 0.25) is 0 Å². The van der Waals surface area contributed by atoms with E-state index in [1.165, 1.54) is 6.42 Å². The molecule has 0 spiro atoms. The van der Waals surface area contributed by atoms with Crippen molar-refractivity contribution in [3.8, 4) is 0 Å². The van der Waals surface area contributed by atoms with Crippen molar-refractivity contribution in [1.82, 2.24) is 0 Å². The van der Waals surface area contributed by atoms with E-state index in [1.807, 2.05) is 0 Å². The molecule has 0 aromatic heterocycles. The van der Waals surface area contributed by atoms with E-state index in [0.717, 1.165) is 46.8 Å². The highest BCUT2D eigenvalue weighted by molar-refractivity contribution is 5.24. The van der Waals surface area contributed by atoms with E-state index in [-0.39, 0.29) is 0 Å². The van der Waals surface area contributed by atoms with Gasteiger partial charge in [-0.05, 0) is 46.8 Å². The molecule has 14 heavy (non-hydrogen) atoms. The van der Waals surface area contributed by atoms with Crippen molar-refractivity contribution in [2.24, 2.45) is 46.8 Å². The van der Waals surface area contributed by atoms with Crippen LogP contribution in [-0.4, -0.2) is 0 Å². The first-order chi connectivity index (χ1) is 6.55. The van der Waals surface area contributed by atoms with E-state index in [0.29, 0.717) is 0 Å². The molecule has 0 heteroatoms. The minimum absolute atomic E-state index is 0.740. The molecule has 0 saturated heterocycles. The maximum absolute atomic E-state index is 2.60. The van der Waals surface area contributed by atoms with Crippen LogP contribution in [-0.2, 0) is 0 Å². The van der Waals surface area contributed by atoms with Gasteiger partial charge in [0, 0.05) is 0 Å². The molecule has 0 N–H and O–H groups in total. The molecule has 0 radical (unpaired) electrons. The van der Waals surface area contributed by atoms with E-state index in [2.05, 4.69) is 34.6 Å². The fourth-order valence-corrected chi connectivity index (χ4v) is 5.57. The van der Waals surface area contributed by atoms with Crippen LogP contribution >= 0.6 is 0 Å². The summed E-state index contributed by atoms with van der Waals surface area (Å²) in [6.45, 7) is 12.4. The molecule has 80 valence electrons. The minimum Gasteiger partial charge on any atom is -0.0651 e. The molecule has 3 saturated carbocycles. The van der Waals surface area contributed by atoms with Crippen LogP contribution in [0.3, 0.4) is 0 Å². The molecule has 0 aliphatic heterocycles. The van der Waals surface area contributed by atoms with Crippen LogP contribution in [0.4, 0.5) is 0 Å². The Morgan fingerprint density at radius 2 is 1.64 bits per heavy atom. The van der Waals surface area contributed by atoms with Crippen LogP contribution in [0.25, 0.3) is 0 Å². The van der Waals surface area contributed by atoms with E-state index < -0.39 is 0 Å². The molecule has 0 aromatic rings. The fourth-order valence-electron chi connectivity index (χ4n) is 5.57. The maximum Gasteiger partial charge on any atom is -0.0230 e. The second kappa shape index (κ2) is 2.39. The van der Waals surface area contributed by atoms with Gasteiger partial charge in [0.05, 0.1) is 0 Å². The first kappa shape index (κ1) is 9.24. The smallest absolute Gasteiger partial charge is 0.0230 e. The summed E-state index contributed by atoms with van der Waals surface area (Å²) in [6.07, 6.45) is 1.42. The Morgan fingerprint density at radius 3 is 2.00 bits per heavy atom. The van der Waals surface area contributed by atoms with Crippen molar-refractivity contribution in [1.29, 1.82) is 0 Å². The van der Waals surface area contributed by atoms with Gasteiger partial charge < -0.3 is 0 Å². The molecule has 0 aromatic carbocycles. The number of hydrogen-bond donors (Lipinski definition) is 0. The quantitative estimate of drug-likeness (QED) is 0.624. The van der Waals surface area contributed by atoms with Crippen LogP contribution in [0.2, 0.25) is 0 Å². The van der Waals surface area contributed by atoms with Gasteiger partial charge in [-0.2, -0.15) is 0 Å². The van der Waals surface area contributed by atoms with Crippen LogP contribution < -0.4 is 0 Å². The second-order valence-electron chi connectivity index (χ2n) is 6.57. The topological polar surface area (TPSA) is 0 Å². The molecule has 8 unspecified atom stereocenters. The molecule has 0 bridgehead atoms. The summed E-state index contributed by atoms with van der Waals surface area (Å²) in [7, 11) is 0. The monoisotopic (exact) mass is 192 g/mol. The highest BCUT2D eigenvalue weighted by atomic mass is 14.8. The number of fused-ring (bicyclic) bond motifs is 1. The molecule has 3 aliphatic rings. The average Bonchev–Trinajstić information content (AvgIpc) is 2.99.